The molecule has 0 bridgehead atoms. The number of thiazole rings is 1. The van der Waals surface area contributed by atoms with Crippen molar-refractivity contribution in [3.63, 3.8) is 0 Å². The first-order valence-electron chi connectivity index (χ1n) is 7.87. The van der Waals surface area contributed by atoms with E-state index >= 15 is 0 Å². The van der Waals surface area contributed by atoms with Gasteiger partial charge in [0.2, 0.25) is 0 Å². The van der Waals surface area contributed by atoms with Crippen LogP contribution in [0.3, 0.4) is 0 Å². The number of likely N-dealkylation sites (N-methyl/N-ethyl adjacent to an activating group) is 1. The highest BCUT2D eigenvalue weighted by Gasteiger charge is 2.18. The fraction of sp³-hybridized carbons (Fsp3) is 0.353. The zero-order valence-corrected chi connectivity index (χ0v) is 16.0. The smallest absolute Gasteiger partial charge is 0.270 e. The Balaban J connectivity index is 2.05. The van der Waals surface area contributed by atoms with Crippen LogP contribution < -0.4 is 20.1 Å². The molecule has 0 aliphatic carbocycles. The topological polar surface area (TPSA) is 92.8 Å². The van der Waals surface area contributed by atoms with Crippen molar-refractivity contribution in [1.82, 2.24) is 15.2 Å². The molecule has 0 atom stereocenters. The fourth-order valence-electron chi connectivity index (χ4n) is 2.15. The van der Waals surface area contributed by atoms with Gasteiger partial charge in [0.05, 0.1) is 19.8 Å². The summed E-state index contributed by atoms with van der Waals surface area (Å²) < 4.78 is 10.5. The average molecular weight is 378 g/mol. The van der Waals surface area contributed by atoms with Gasteiger partial charge in [0.15, 0.2) is 16.6 Å². The number of carbonyl (C=O) groups excluding carboxylic acids is 2. The lowest BCUT2D eigenvalue weighted by Crippen LogP contribution is -2.31. The molecule has 0 aliphatic rings. The van der Waals surface area contributed by atoms with Crippen LogP contribution in [0.1, 0.15) is 20.8 Å². The normalized spacial score (nSPS) is 10.5. The Hall–Kier alpha value is -2.65. The lowest BCUT2D eigenvalue weighted by molar-refractivity contribution is 0.0945. The van der Waals surface area contributed by atoms with Crippen molar-refractivity contribution in [2.45, 2.75) is 0 Å². The van der Waals surface area contributed by atoms with E-state index < -0.39 is 5.91 Å². The third-order valence-electron chi connectivity index (χ3n) is 3.45. The van der Waals surface area contributed by atoms with Crippen molar-refractivity contribution in [3.8, 4) is 11.5 Å². The van der Waals surface area contributed by atoms with E-state index in [4.69, 9.17) is 9.47 Å². The van der Waals surface area contributed by atoms with Crippen LogP contribution in [0.2, 0.25) is 0 Å². The Morgan fingerprint density at radius 2 is 1.96 bits per heavy atom. The molecule has 1 aromatic carbocycles. The van der Waals surface area contributed by atoms with Gasteiger partial charge in [-0.3, -0.25) is 14.9 Å². The number of nitrogens with one attached hydrogen (secondary N) is 2. The Kier molecular flexibility index (Phi) is 6.93. The summed E-state index contributed by atoms with van der Waals surface area (Å²) in [6, 6.07) is 5.02. The zero-order chi connectivity index (χ0) is 19.1. The van der Waals surface area contributed by atoms with Crippen LogP contribution in [0, 0.1) is 0 Å². The standard InChI is InChI=1S/C17H22N4O4S/c1-21(2)9-8-18-16(23)12-10-26-17(19-12)20-15(22)11-6-5-7-13(24-3)14(11)25-4/h5-7,10H,8-9H2,1-4H3,(H,18,23)(H,19,20,22). The van der Waals surface area contributed by atoms with Gasteiger partial charge in [-0.05, 0) is 26.2 Å². The molecule has 1 heterocycles. The SMILES string of the molecule is COc1cccc(C(=O)Nc2nc(C(=O)NCCN(C)C)cs2)c1OC. The molecule has 1 aromatic heterocycles. The summed E-state index contributed by atoms with van der Waals surface area (Å²) in [5, 5.41) is 7.39. The second kappa shape index (κ2) is 9.16. The highest BCUT2D eigenvalue weighted by atomic mass is 32.1. The lowest BCUT2D eigenvalue weighted by Gasteiger charge is -2.11. The minimum Gasteiger partial charge on any atom is -0.493 e. The van der Waals surface area contributed by atoms with Crippen molar-refractivity contribution in [2.24, 2.45) is 0 Å². The van der Waals surface area contributed by atoms with E-state index in [0.29, 0.717) is 28.7 Å². The second-order valence-electron chi connectivity index (χ2n) is 5.59. The Bertz CT molecular complexity index is 776. The summed E-state index contributed by atoms with van der Waals surface area (Å²) in [4.78, 5) is 30.7. The van der Waals surface area contributed by atoms with E-state index in [9.17, 15) is 9.59 Å². The molecule has 2 aromatic rings. The number of carbonyl (C=O) groups is 2. The number of ether oxygens (including phenoxy) is 2. The maximum Gasteiger partial charge on any atom is 0.270 e. The Labute approximate surface area is 156 Å². The van der Waals surface area contributed by atoms with Crippen LogP contribution >= 0.6 is 11.3 Å². The Morgan fingerprint density at radius 1 is 1.19 bits per heavy atom. The van der Waals surface area contributed by atoms with Crippen molar-refractivity contribution in [2.75, 3.05) is 46.7 Å². The van der Waals surface area contributed by atoms with E-state index in [1.165, 1.54) is 25.6 Å². The monoisotopic (exact) mass is 378 g/mol. The third-order valence-corrected chi connectivity index (χ3v) is 4.21. The summed E-state index contributed by atoms with van der Waals surface area (Å²) in [6.45, 7) is 1.25. The van der Waals surface area contributed by atoms with Gasteiger partial charge >= 0.3 is 0 Å². The van der Waals surface area contributed by atoms with Gasteiger partial charge in [-0.2, -0.15) is 0 Å². The number of hydrogen-bond acceptors (Lipinski definition) is 7. The number of aromatic nitrogens is 1. The number of hydrogen-bond donors (Lipinski definition) is 2. The van der Waals surface area contributed by atoms with Crippen LogP contribution in [-0.4, -0.2) is 63.1 Å². The molecule has 0 aliphatic heterocycles. The molecule has 2 amide bonds. The van der Waals surface area contributed by atoms with E-state index in [1.54, 1.807) is 23.6 Å². The molecular formula is C17H22N4O4S. The largest absolute Gasteiger partial charge is 0.493 e. The first-order chi connectivity index (χ1) is 12.5. The molecule has 0 saturated carbocycles. The first-order valence-corrected chi connectivity index (χ1v) is 8.75. The molecule has 9 heteroatoms. The van der Waals surface area contributed by atoms with Crippen molar-refractivity contribution in [3.05, 3.63) is 34.8 Å². The number of nitrogens with zero attached hydrogens (tertiary/aromatic N) is 2. The molecule has 0 radical (unpaired) electrons. The summed E-state index contributed by atoms with van der Waals surface area (Å²) in [6.07, 6.45) is 0. The molecule has 2 N–H and O–H groups in total. The average Bonchev–Trinajstić information content (AvgIpc) is 3.08. The number of para-hydroxylation sites is 1. The summed E-state index contributed by atoms with van der Waals surface area (Å²) in [5.41, 5.74) is 0.584. The number of anilines is 1. The molecular weight excluding hydrogens is 356 g/mol. The molecule has 0 saturated heterocycles. The zero-order valence-electron chi connectivity index (χ0n) is 15.2. The number of amides is 2. The van der Waals surface area contributed by atoms with Crippen LogP contribution in [0.5, 0.6) is 11.5 Å². The maximum atomic E-state index is 12.5. The molecule has 2 rings (SSSR count). The molecule has 0 fully saturated rings. The number of benzene rings is 1. The van der Waals surface area contributed by atoms with E-state index in [2.05, 4.69) is 15.6 Å². The number of methoxy groups -OCH3 is 2. The van der Waals surface area contributed by atoms with Crippen LogP contribution in [-0.2, 0) is 0 Å². The summed E-state index contributed by atoms with van der Waals surface area (Å²) >= 11 is 1.18. The van der Waals surface area contributed by atoms with Gasteiger partial charge in [0.25, 0.3) is 11.8 Å². The molecule has 140 valence electrons. The van der Waals surface area contributed by atoms with E-state index in [1.807, 2.05) is 19.0 Å². The number of rotatable bonds is 8. The quantitative estimate of drug-likeness (QED) is 0.726. The lowest BCUT2D eigenvalue weighted by atomic mass is 10.1. The van der Waals surface area contributed by atoms with Crippen LogP contribution in [0.15, 0.2) is 23.6 Å². The third kappa shape index (κ3) is 4.93. The minimum absolute atomic E-state index is 0.265. The molecule has 0 spiro atoms. The maximum absolute atomic E-state index is 12.5. The fourth-order valence-corrected chi connectivity index (χ4v) is 2.84. The molecule has 26 heavy (non-hydrogen) atoms. The van der Waals surface area contributed by atoms with Gasteiger partial charge < -0.3 is 19.7 Å². The van der Waals surface area contributed by atoms with E-state index in [0.717, 1.165) is 6.54 Å². The highest BCUT2D eigenvalue weighted by Crippen LogP contribution is 2.31. The van der Waals surface area contributed by atoms with Gasteiger partial charge in [-0.1, -0.05) is 6.07 Å². The van der Waals surface area contributed by atoms with Gasteiger partial charge in [-0.25, -0.2) is 4.98 Å². The van der Waals surface area contributed by atoms with Gasteiger partial charge in [-0.15, -0.1) is 11.3 Å². The van der Waals surface area contributed by atoms with Gasteiger partial charge in [0.1, 0.15) is 5.69 Å². The van der Waals surface area contributed by atoms with E-state index in [-0.39, 0.29) is 11.6 Å². The summed E-state index contributed by atoms with van der Waals surface area (Å²) in [7, 11) is 6.82. The summed E-state index contributed by atoms with van der Waals surface area (Å²) in [5.74, 6) is 0.128. The molecule has 8 nitrogen and oxygen atoms in total. The second-order valence-corrected chi connectivity index (χ2v) is 6.45. The van der Waals surface area contributed by atoms with Crippen molar-refractivity contribution < 1.29 is 19.1 Å². The van der Waals surface area contributed by atoms with Crippen molar-refractivity contribution >= 4 is 28.3 Å². The predicted octanol–water partition coefficient (Wildman–Crippen LogP) is 1.70. The predicted molar refractivity (Wildman–Crippen MR) is 101 cm³/mol. The van der Waals surface area contributed by atoms with Crippen LogP contribution in [0.4, 0.5) is 5.13 Å². The minimum atomic E-state index is -0.394. The Morgan fingerprint density at radius 3 is 2.62 bits per heavy atom. The van der Waals surface area contributed by atoms with Gasteiger partial charge in [0, 0.05) is 18.5 Å². The highest BCUT2D eigenvalue weighted by molar-refractivity contribution is 7.14. The first kappa shape index (κ1) is 19.7. The molecule has 0 unspecified atom stereocenters. The van der Waals surface area contributed by atoms with Crippen LogP contribution in [0.25, 0.3) is 0 Å². The van der Waals surface area contributed by atoms with Crippen molar-refractivity contribution in [1.29, 1.82) is 0 Å².